The van der Waals surface area contributed by atoms with Crippen LogP contribution >= 0.6 is 0 Å². The highest BCUT2D eigenvalue weighted by molar-refractivity contribution is 5.74. The monoisotopic (exact) mass is 1000 g/mol. The summed E-state index contributed by atoms with van der Waals surface area (Å²) in [4.78, 5) is 29.0. The summed E-state index contributed by atoms with van der Waals surface area (Å²) in [5.41, 5.74) is 9.17. The predicted molar refractivity (Wildman–Crippen MR) is 260 cm³/mol. The summed E-state index contributed by atoms with van der Waals surface area (Å²) in [6.07, 6.45) is 5.89. The maximum Gasteiger partial charge on any atom is 0.314 e. The van der Waals surface area contributed by atoms with Crippen molar-refractivity contribution < 1.29 is 84.0 Å². The van der Waals surface area contributed by atoms with Gasteiger partial charge < -0.3 is 74.4 Å². The van der Waals surface area contributed by atoms with E-state index in [1.165, 1.54) is 20.1 Å². The highest BCUT2D eigenvalue weighted by Crippen LogP contribution is 2.40. The standard InChI is InChI=1S/C51H77N3O17/c1-7-24-67-49(65)44-41(60)30-51(66-6)29-37(57)26-40(59)39(58)23-22-35(55)25-36(56)27-43(61)68-33(4)32(3)46(62)31(2)20-18-16-14-12-10-8-9-11-13-15-17-19-21-38(28-42(44)71-51)70-50-48(64)45(53-54-52)47(63)34(5)69-50/h7-21,31-42,44-48,50,55-60,62-64H,1,22-30H2,2-6H3/b9-8+,12-10+,13-11+,16-14+,17-15+,20-18+,21-19+/t31-,32-,33-,34+,35+,36+,37-,38-,39+,40+,41-,42-,44+,45-,46+,47+,48+,50-,51+/m0/s1. The Morgan fingerprint density at radius 2 is 1.37 bits per heavy atom. The van der Waals surface area contributed by atoms with E-state index in [4.69, 9.17) is 34.0 Å². The lowest BCUT2D eigenvalue weighted by Crippen LogP contribution is -2.58. The number of hydrogen-bond donors (Lipinski definition) is 9. The van der Waals surface area contributed by atoms with Crippen molar-refractivity contribution in [2.75, 3.05) is 13.7 Å². The Hall–Kier alpha value is -4.35. The number of allylic oxidation sites excluding steroid dienone is 12. The molecule has 3 heterocycles. The molecule has 2 bridgehead atoms. The molecule has 0 saturated carbocycles. The topological polar surface area (TPSA) is 320 Å². The third-order valence-electron chi connectivity index (χ3n) is 12.8. The third kappa shape index (κ3) is 20.2. The molecule has 3 aliphatic heterocycles. The van der Waals surface area contributed by atoms with Gasteiger partial charge in [-0.15, -0.1) is 0 Å². The van der Waals surface area contributed by atoms with Crippen LogP contribution in [0.25, 0.3) is 10.4 Å². The number of methoxy groups -OCH3 is 1. The molecule has 20 nitrogen and oxygen atoms in total. The van der Waals surface area contributed by atoms with Crippen LogP contribution in [0, 0.1) is 17.8 Å². The van der Waals surface area contributed by atoms with E-state index in [9.17, 15) is 55.5 Å². The number of aliphatic hydroxyl groups is 9. The average Bonchev–Trinajstić information content (AvgIpc) is 3.31. The number of esters is 2. The molecule has 0 aromatic heterocycles. The van der Waals surface area contributed by atoms with Gasteiger partial charge in [0.05, 0.1) is 79.6 Å². The average molecular weight is 1000 g/mol. The van der Waals surface area contributed by atoms with Crippen LogP contribution in [-0.2, 0) is 38.0 Å². The SMILES string of the molecule is C=CCOC(=O)[C@H]1[C@@H]2C[C@@H](O[C@@H]3O[C@H](C)[C@@H](O)[C@H](N=[N+]=[N-])[C@H]3O)/C=C/C=C/C=C/C=C/C=C/C=C/C=C/[C@H](C)[C@@H](O)[C@@H](C)[C@H](C)OC(=O)C[C@H](O)C[C@H](O)CC[C@@H](O)[C@H](O)C[C@H](O)C[C@](OC)(C[C@@H]1O)O2. The van der Waals surface area contributed by atoms with Crippen molar-refractivity contribution in [1.82, 2.24) is 0 Å². The van der Waals surface area contributed by atoms with Crippen molar-refractivity contribution in [3.8, 4) is 0 Å². The largest absolute Gasteiger partial charge is 0.462 e. The van der Waals surface area contributed by atoms with E-state index in [0.717, 1.165) is 0 Å². The minimum Gasteiger partial charge on any atom is -0.462 e. The lowest BCUT2D eigenvalue weighted by molar-refractivity contribution is -0.317. The van der Waals surface area contributed by atoms with Gasteiger partial charge in [-0.1, -0.05) is 117 Å². The Labute approximate surface area is 416 Å². The fourth-order valence-electron chi connectivity index (χ4n) is 8.52. The van der Waals surface area contributed by atoms with E-state index in [1.807, 2.05) is 37.3 Å². The van der Waals surface area contributed by atoms with Gasteiger partial charge in [-0.3, -0.25) is 9.59 Å². The smallest absolute Gasteiger partial charge is 0.314 e. The molecule has 3 aliphatic rings. The molecule has 0 spiro atoms. The van der Waals surface area contributed by atoms with Crippen molar-refractivity contribution in [2.45, 2.75) is 177 Å². The second kappa shape index (κ2) is 31.3. The first-order valence-corrected chi connectivity index (χ1v) is 24.1. The number of carbonyl (C=O) groups excluding carboxylic acids is 2. The Morgan fingerprint density at radius 3 is 1.96 bits per heavy atom. The maximum atomic E-state index is 13.6. The molecule has 20 heteroatoms. The van der Waals surface area contributed by atoms with Crippen LogP contribution in [0.15, 0.2) is 103 Å². The maximum absolute atomic E-state index is 13.6. The normalized spacial score (nSPS) is 42.4. The molecule has 3 rings (SSSR count). The molecule has 2 saturated heterocycles. The Kier molecular flexibility index (Phi) is 26.9. The van der Waals surface area contributed by atoms with Gasteiger partial charge >= 0.3 is 11.9 Å². The first-order chi connectivity index (χ1) is 33.8. The van der Waals surface area contributed by atoms with E-state index < -0.39 is 134 Å². The second-order valence-electron chi connectivity index (χ2n) is 18.4. The summed E-state index contributed by atoms with van der Waals surface area (Å²) >= 11 is 0. The van der Waals surface area contributed by atoms with Crippen LogP contribution in [0.4, 0.5) is 0 Å². The second-order valence-corrected chi connectivity index (χ2v) is 18.4. The molecular formula is C51H77N3O17. The van der Waals surface area contributed by atoms with Crippen LogP contribution in [0.5, 0.6) is 0 Å². The number of azide groups is 1. The van der Waals surface area contributed by atoms with Crippen molar-refractivity contribution in [3.05, 3.63) is 108 Å². The molecule has 0 radical (unpaired) electrons. The molecule has 71 heavy (non-hydrogen) atoms. The molecule has 0 unspecified atom stereocenters. The first-order valence-electron chi connectivity index (χ1n) is 24.1. The van der Waals surface area contributed by atoms with Crippen LogP contribution in [0.2, 0.25) is 0 Å². The molecular weight excluding hydrogens is 927 g/mol. The zero-order chi connectivity index (χ0) is 52.7. The van der Waals surface area contributed by atoms with E-state index in [-0.39, 0.29) is 51.0 Å². The minimum absolute atomic E-state index is 0.0882. The number of rotatable bonds is 7. The lowest BCUT2D eigenvalue weighted by Gasteiger charge is -2.47. The first kappa shape index (κ1) is 61.0. The highest BCUT2D eigenvalue weighted by atomic mass is 16.7. The lowest BCUT2D eigenvalue weighted by atomic mass is 9.82. The van der Waals surface area contributed by atoms with Gasteiger partial charge in [-0.05, 0) is 38.6 Å². The Morgan fingerprint density at radius 1 is 0.761 bits per heavy atom. The van der Waals surface area contributed by atoms with Gasteiger partial charge in [0, 0.05) is 49.5 Å². The number of carbonyl (C=O) groups is 2. The van der Waals surface area contributed by atoms with Crippen molar-refractivity contribution in [3.63, 3.8) is 0 Å². The van der Waals surface area contributed by atoms with Gasteiger partial charge in [-0.25, -0.2) is 0 Å². The van der Waals surface area contributed by atoms with Gasteiger partial charge in [0.1, 0.15) is 24.7 Å². The van der Waals surface area contributed by atoms with Gasteiger partial charge in [0.15, 0.2) is 12.1 Å². The third-order valence-corrected chi connectivity index (χ3v) is 12.8. The van der Waals surface area contributed by atoms with E-state index in [0.29, 0.717) is 0 Å². The van der Waals surface area contributed by atoms with Crippen LogP contribution in [0.3, 0.4) is 0 Å². The van der Waals surface area contributed by atoms with Gasteiger partial charge in [0.2, 0.25) is 0 Å². The number of cyclic esters (lactones) is 1. The number of fused-ring (bicyclic) bond motifs is 2. The van der Waals surface area contributed by atoms with Crippen LogP contribution in [-0.4, -0.2) is 169 Å². The van der Waals surface area contributed by atoms with E-state index >= 15 is 0 Å². The number of aliphatic hydroxyl groups excluding tert-OH is 9. The fraction of sp³-hybridized carbons (Fsp3) is 0.647. The zero-order valence-electron chi connectivity index (χ0n) is 41.3. The van der Waals surface area contributed by atoms with Crippen molar-refractivity contribution >= 4 is 11.9 Å². The van der Waals surface area contributed by atoms with Crippen LogP contribution < -0.4 is 0 Å². The molecule has 0 aromatic carbocycles. The summed E-state index contributed by atoms with van der Waals surface area (Å²) in [5, 5.41) is 102. The Balaban J connectivity index is 1.97. The highest BCUT2D eigenvalue weighted by Gasteiger charge is 2.52. The minimum atomic E-state index is -1.79. The summed E-state index contributed by atoms with van der Waals surface area (Å²) in [5.74, 6) is -5.46. The number of hydrogen-bond acceptors (Lipinski definition) is 18. The molecule has 0 aliphatic carbocycles. The van der Waals surface area contributed by atoms with Crippen LogP contribution in [0.1, 0.15) is 79.1 Å². The predicted octanol–water partition coefficient (Wildman–Crippen LogP) is 3.36. The summed E-state index contributed by atoms with van der Waals surface area (Å²) in [6.45, 7) is 10.1. The molecule has 0 amide bonds. The molecule has 398 valence electrons. The van der Waals surface area contributed by atoms with Crippen molar-refractivity contribution in [1.29, 1.82) is 0 Å². The summed E-state index contributed by atoms with van der Waals surface area (Å²) in [6, 6.07) is -1.35. The molecule has 0 aromatic rings. The fourth-order valence-corrected chi connectivity index (χ4v) is 8.52. The van der Waals surface area contributed by atoms with E-state index in [1.54, 1.807) is 68.5 Å². The van der Waals surface area contributed by atoms with Gasteiger partial charge in [-0.2, -0.15) is 0 Å². The molecule has 9 N–H and O–H groups in total. The molecule has 2 fully saturated rings. The van der Waals surface area contributed by atoms with Gasteiger partial charge in [0.25, 0.3) is 0 Å². The summed E-state index contributed by atoms with van der Waals surface area (Å²) < 4.78 is 35.2. The molecule has 19 atom stereocenters. The van der Waals surface area contributed by atoms with E-state index in [2.05, 4.69) is 16.6 Å². The Bertz CT molecular complexity index is 1900. The quantitative estimate of drug-likeness (QED) is 0.0581. The van der Waals surface area contributed by atoms with Crippen molar-refractivity contribution in [2.24, 2.45) is 22.9 Å². The number of ether oxygens (including phenoxy) is 6. The number of nitrogens with zero attached hydrogens (tertiary/aromatic N) is 3. The summed E-state index contributed by atoms with van der Waals surface area (Å²) in [7, 11) is 1.26. The zero-order valence-corrected chi connectivity index (χ0v) is 41.3.